The molecule has 0 saturated carbocycles. The lowest BCUT2D eigenvalue weighted by Gasteiger charge is -2.10. The van der Waals surface area contributed by atoms with Crippen molar-refractivity contribution in [2.75, 3.05) is 13.3 Å². The Labute approximate surface area is 82.0 Å². The van der Waals surface area contributed by atoms with Crippen molar-refractivity contribution in [1.82, 2.24) is 0 Å². The lowest BCUT2D eigenvalue weighted by molar-refractivity contribution is -0.138. The molecule has 2 atom stereocenters. The fourth-order valence-electron chi connectivity index (χ4n) is 0.517. The van der Waals surface area contributed by atoms with Gasteiger partial charge in [-0.2, -0.15) is 0 Å². The van der Waals surface area contributed by atoms with Gasteiger partial charge in [-0.25, -0.2) is 0 Å². The number of hydrogen-bond donors (Lipinski definition) is 3. The molecule has 0 amide bonds. The summed E-state index contributed by atoms with van der Waals surface area (Å²) in [6.45, 7) is 0. The van der Waals surface area contributed by atoms with Gasteiger partial charge in [0.2, 0.25) is 0 Å². The Hall–Kier alpha value is -0.130. The molecule has 0 fully saturated rings. The molecule has 0 aliphatic rings. The van der Waals surface area contributed by atoms with Crippen LogP contribution in [-0.2, 0) is 13.9 Å². The van der Waals surface area contributed by atoms with Gasteiger partial charge in [0.25, 0.3) is 0 Å². The molecule has 8 heteroatoms. The maximum absolute atomic E-state index is 10.8. The summed E-state index contributed by atoms with van der Waals surface area (Å²) in [6.07, 6.45) is -0.312. The SMILES string of the molecule is COP(=O)(O)CCC(N)C(=O)O.Cl. The molecule has 80 valence electrons. The fourth-order valence-corrected chi connectivity index (χ4v) is 1.30. The van der Waals surface area contributed by atoms with Crippen molar-refractivity contribution in [3.63, 3.8) is 0 Å². The summed E-state index contributed by atoms with van der Waals surface area (Å²) in [5.74, 6) is -1.19. The number of nitrogens with two attached hydrogens (primary N) is 1. The van der Waals surface area contributed by atoms with Gasteiger partial charge in [0.1, 0.15) is 6.04 Å². The third-order valence-corrected chi connectivity index (χ3v) is 2.72. The predicted octanol–water partition coefficient (Wildman–Crippen LogP) is 0.0420. The van der Waals surface area contributed by atoms with Gasteiger partial charge in [0, 0.05) is 7.11 Å². The molecule has 0 bridgehead atoms. The molecular weight excluding hydrogens is 220 g/mol. The Kier molecular flexibility index (Phi) is 7.49. The summed E-state index contributed by atoms with van der Waals surface area (Å²) < 4.78 is 15.0. The molecule has 4 N–H and O–H groups in total. The number of hydrogen-bond acceptors (Lipinski definition) is 4. The van der Waals surface area contributed by atoms with Crippen LogP contribution in [-0.4, -0.2) is 35.3 Å². The van der Waals surface area contributed by atoms with Gasteiger partial charge in [-0.3, -0.25) is 9.36 Å². The van der Waals surface area contributed by atoms with Crippen molar-refractivity contribution < 1.29 is 23.9 Å². The van der Waals surface area contributed by atoms with Crippen molar-refractivity contribution in [2.24, 2.45) is 5.73 Å². The summed E-state index contributed by atoms with van der Waals surface area (Å²) in [4.78, 5) is 19.0. The second kappa shape index (κ2) is 6.34. The van der Waals surface area contributed by atoms with Crippen LogP contribution in [0.15, 0.2) is 0 Å². The minimum Gasteiger partial charge on any atom is -0.480 e. The van der Waals surface area contributed by atoms with Crippen molar-refractivity contribution >= 4 is 26.0 Å². The van der Waals surface area contributed by atoms with E-state index in [1.54, 1.807) is 0 Å². The van der Waals surface area contributed by atoms with Crippen LogP contribution in [0.4, 0.5) is 0 Å². The molecule has 0 radical (unpaired) electrons. The molecule has 0 aromatic carbocycles. The van der Waals surface area contributed by atoms with Crippen LogP contribution in [0.1, 0.15) is 6.42 Å². The quantitative estimate of drug-likeness (QED) is 0.579. The zero-order chi connectivity index (χ0) is 9.78. The second-order valence-electron chi connectivity index (χ2n) is 2.28. The van der Waals surface area contributed by atoms with E-state index in [4.69, 9.17) is 15.7 Å². The molecule has 0 saturated heterocycles. The molecule has 0 aromatic rings. The molecule has 0 aliphatic heterocycles. The van der Waals surface area contributed by atoms with Crippen LogP contribution in [0.3, 0.4) is 0 Å². The Morgan fingerprint density at radius 2 is 2.15 bits per heavy atom. The normalized spacial score (nSPS) is 16.8. The second-order valence-corrected chi connectivity index (χ2v) is 4.36. The van der Waals surface area contributed by atoms with Crippen LogP contribution in [0.5, 0.6) is 0 Å². The maximum atomic E-state index is 10.8. The molecule has 6 nitrogen and oxygen atoms in total. The first-order valence-corrected chi connectivity index (χ1v) is 5.01. The largest absolute Gasteiger partial charge is 0.480 e. The van der Waals surface area contributed by atoms with Crippen molar-refractivity contribution in [1.29, 1.82) is 0 Å². The van der Waals surface area contributed by atoms with Gasteiger partial charge in [-0.05, 0) is 6.42 Å². The third-order valence-electron chi connectivity index (χ3n) is 1.33. The van der Waals surface area contributed by atoms with E-state index in [0.717, 1.165) is 7.11 Å². The average molecular weight is 234 g/mol. The van der Waals surface area contributed by atoms with Crippen LogP contribution in [0.2, 0.25) is 0 Å². The molecule has 2 unspecified atom stereocenters. The molecule has 0 aliphatic carbocycles. The zero-order valence-electron chi connectivity index (χ0n) is 7.04. The monoisotopic (exact) mass is 233 g/mol. The highest BCUT2D eigenvalue weighted by atomic mass is 35.5. The van der Waals surface area contributed by atoms with E-state index in [2.05, 4.69) is 4.52 Å². The van der Waals surface area contributed by atoms with Gasteiger partial charge >= 0.3 is 13.6 Å². The van der Waals surface area contributed by atoms with E-state index < -0.39 is 19.6 Å². The van der Waals surface area contributed by atoms with E-state index in [1.165, 1.54) is 0 Å². The Balaban J connectivity index is 0. The standard InChI is InChI=1S/C5H12NO5P.ClH/c1-11-12(9,10)3-2-4(6)5(7)8;/h4H,2-3,6H2,1H3,(H,7,8)(H,9,10);1H. The van der Waals surface area contributed by atoms with Crippen molar-refractivity contribution in [3.05, 3.63) is 0 Å². The van der Waals surface area contributed by atoms with E-state index in [0.29, 0.717) is 0 Å². The summed E-state index contributed by atoms with van der Waals surface area (Å²) in [7, 11) is -2.52. The third kappa shape index (κ3) is 6.98. The summed E-state index contributed by atoms with van der Waals surface area (Å²) >= 11 is 0. The van der Waals surface area contributed by atoms with Gasteiger partial charge < -0.3 is 20.3 Å². The first kappa shape index (κ1) is 15.3. The Morgan fingerprint density at radius 3 is 2.46 bits per heavy atom. The summed E-state index contributed by atoms with van der Waals surface area (Å²) in [6, 6.07) is -1.11. The molecule has 0 rings (SSSR count). The number of carbonyl (C=O) groups is 1. The minimum atomic E-state index is -3.61. The van der Waals surface area contributed by atoms with Crippen LogP contribution >= 0.6 is 20.0 Å². The topological polar surface area (TPSA) is 110 Å². The summed E-state index contributed by atoms with van der Waals surface area (Å²) in [5, 5.41) is 8.31. The maximum Gasteiger partial charge on any atom is 0.327 e. The first-order chi connectivity index (χ1) is 5.39. The van der Waals surface area contributed by atoms with Crippen LogP contribution in [0, 0.1) is 0 Å². The highest BCUT2D eigenvalue weighted by molar-refractivity contribution is 7.52. The first-order valence-electron chi connectivity index (χ1n) is 3.25. The molecule has 13 heavy (non-hydrogen) atoms. The highest BCUT2D eigenvalue weighted by Crippen LogP contribution is 2.41. The Bertz CT molecular complexity index is 211. The van der Waals surface area contributed by atoms with E-state index in [9.17, 15) is 9.36 Å². The molecular formula is C5H13ClNO5P. The van der Waals surface area contributed by atoms with Gasteiger partial charge in [-0.1, -0.05) is 0 Å². The lowest BCUT2D eigenvalue weighted by Crippen LogP contribution is -2.30. The summed E-state index contributed by atoms with van der Waals surface area (Å²) in [5.41, 5.74) is 5.09. The van der Waals surface area contributed by atoms with Crippen molar-refractivity contribution in [2.45, 2.75) is 12.5 Å². The van der Waals surface area contributed by atoms with Gasteiger partial charge in [0.05, 0.1) is 6.16 Å². The molecule has 0 heterocycles. The number of aliphatic carboxylic acids is 1. The van der Waals surface area contributed by atoms with Crippen LogP contribution < -0.4 is 5.73 Å². The lowest BCUT2D eigenvalue weighted by atomic mass is 10.2. The van der Waals surface area contributed by atoms with Gasteiger partial charge in [0.15, 0.2) is 0 Å². The Morgan fingerprint density at radius 1 is 1.69 bits per heavy atom. The molecule has 0 spiro atoms. The average Bonchev–Trinajstić information content (AvgIpc) is 2.00. The minimum absolute atomic E-state index is 0. The number of carboxylic acid groups (broad SMARTS) is 1. The number of carboxylic acids is 1. The fraction of sp³-hybridized carbons (Fsp3) is 0.800. The highest BCUT2D eigenvalue weighted by Gasteiger charge is 2.21. The van der Waals surface area contributed by atoms with E-state index >= 15 is 0 Å². The van der Waals surface area contributed by atoms with Gasteiger partial charge in [-0.15, -0.1) is 12.4 Å². The van der Waals surface area contributed by atoms with E-state index in [1.807, 2.05) is 0 Å². The number of rotatable bonds is 5. The predicted molar refractivity (Wildman–Crippen MR) is 49.2 cm³/mol. The smallest absolute Gasteiger partial charge is 0.327 e. The molecule has 0 aromatic heterocycles. The van der Waals surface area contributed by atoms with Crippen LogP contribution in [0.25, 0.3) is 0 Å². The number of halogens is 1. The zero-order valence-corrected chi connectivity index (χ0v) is 8.75. The van der Waals surface area contributed by atoms with Crippen molar-refractivity contribution in [3.8, 4) is 0 Å². The van der Waals surface area contributed by atoms with E-state index in [-0.39, 0.29) is 25.0 Å².